The number of hydroxylamine groups is 1. The van der Waals surface area contributed by atoms with Gasteiger partial charge in [-0.1, -0.05) is 0 Å². The summed E-state index contributed by atoms with van der Waals surface area (Å²) in [5, 5.41) is 7.96. The van der Waals surface area contributed by atoms with Crippen LogP contribution in [0.5, 0.6) is 0 Å². The number of hydrogen-bond acceptors (Lipinski definition) is 12. The first-order valence-corrected chi connectivity index (χ1v) is 11.9. The topological polar surface area (TPSA) is 289 Å². The molecule has 4 atom stereocenters. The number of nitriles is 1. The molecule has 0 aliphatic rings. The fourth-order valence-corrected chi connectivity index (χ4v) is 6.32. The Morgan fingerprint density at radius 2 is 1.00 bits per heavy atom. The lowest BCUT2D eigenvalue weighted by atomic mass is 11.5. The molecule has 142 valence electrons. The molecule has 0 aromatic rings. The average Bonchev–Trinajstić information content (AvgIpc) is 2.16. The molecule has 0 rings (SSSR count). The lowest BCUT2D eigenvalue weighted by molar-refractivity contribution is 0.143. The van der Waals surface area contributed by atoms with Crippen LogP contribution >= 0.6 is 39.1 Å². The summed E-state index contributed by atoms with van der Waals surface area (Å²) in [6.45, 7) is 0. The van der Waals surface area contributed by atoms with Crippen LogP contribution in [0, 0.1) is 11.5 Å². The van der Waals surface area contributed by atoms with Gasteiger partial charge >= 0.3 is 39.1 Å². The molecule has 0 aromatic heterocycles. The minimum Gasteiger partial charge on any atom is -0.302 e. The molecular weight excluding hydrogens is 451 g/mol. The highest BCUT2D eigenvalue weighted by Crippen LogP contribution is 2.73. The maximum Gasteiger partial charge on any atom is 0.503 e. The molecule has 0 heterocycles. The highest BCUT2D eigenvalue weighted by Gasteiger charge is 2.47. The van der Waals surface area contributed by atoms with Crippen molar-refractivity contribution >= 4 is 39.1 Å². The third-order valence-corrected chi connectivity index (χ3v) is 7.99. The minimum absolute atomic E-state index is 0.925. The number of rotatable bonds is 10. The lowest BCUT2D eigenvalue weighted by Gasteiger charge is -2.18. The number of nitrogens with one attached hydrogen (secondary N) is 1. The Bertz CT molecular complexity index is 725. The van der Waals surface area contributed by atoms with Crippen molar-refractivity contribution in [3.8, 4) is 6.19 Å². The van der Waals surface area contributed by atoms with Crippen LogP contribution in [0.15, 0.2) is 0 Å². The first kappa shape index (κ1) is 24.0. The molecule has 0 bridgehead atoms. The van der Waals surface area contributed by atoms with Crippen molar-refractivity contribution < 1.29 is 74.1 Å². The molecule has 4 unspecified atom stereocenters. The zero-order valence-corrected chi connectivity index (χ0v) is 14.9. The van der Waals surface area contributed by atoms with Crippen molar-refractivity contribution in [1.29, 1.82) is 5.26 Å². The summed E-state index contributed by atoms with van der Waals surface area (Å²) in [4.78, 5) is 51.9. The van der Waals surface area contributed by atoms with Crippen molar-refractivity contribution in [3.63, 3.8) is 0 Å². The van der Waals surface area contributed by atoms with Gasteiger partial charge in [-0.2, -0.15) is 32.6 Å². The van der Waals surface area contributed by atoms with Gasteiger partial charge in [-0.15, -0.1) is 0 Å². The van der Waals surface area contributed by atoms with Crippen LogP contribution in [-0.2, 0) is 44.7 Å². The van der Waals surface area contributed by atoms with Crippen LogP contribution < -0.4 is 5.48 Å². The van der Waals surface area contributed by atoms with E-state index in [2.05, 4.69) is 21.9 Å². The Labute approximate surface area is 131 Å². The Morgan fingerprint density at radius 3 is 1.33 bits per heavy atom. The van der Waals surface area contributed by atoms with Crippen LogP contribution in [0.1, 0.15) is 0 Å². The summed E-state index contributed by atoms with van der Waals surface area (Å²) in [5.74, 6) is 0. The van der Waals surface area contributed by atoms with Crippen LogP contribution in [0.3, 0.4) is 0 Å². The standard InChI is InChI=1S/CH7N2O16P5/c2-1-3-15-21(7,8)17-23(11,12)19-24(13,14)18-22(9,10)16-20(4,5)6/h3H,(H,7,8)(H,9,10)(H,11,12)(H,13,14)(H2,4,5,6). The van der Waals surface area contributed by atoms with Gasteiger partial charge in [-0.3, -0.25) is 0 Å². The van der Waals surface area contributed by atoms with Crippen LogP contribution in [0.25, 0.3) is 0 Å². The van der Waals surface area contributed by atoms with Gasteiger partial charge in [0.1, 0.15) is 0 Å². The predicted molar refractivity (Wildman–Crippen MR) is 65.5 cm³/mol. The van der Waals surface area contributed by atoms with Crippen LogP contribution in [0.2, 0.25) is 0 Å². The van der Waals surface area contributed by atoms with E-state index >= 15 is 0 Å². The van der Waals surface area contributed by atoms with E-state index in [4.69, 9.17) is 34.6 Å². The van der Waals surface area contributed by atoms with Crippen molar-refractivity contribution in [2.24, 2.45) is 0 Å². The number of phosphoric acid groups is 5. The van der Waals surface area contributed by atoms with Gasteiger partial charge in [0.15, 0.2) is 0 Å². The first-order valence-electron chi connectivity index (χ1n) is 4.43. The molecule has 24 heavy (non-hydrogen) atoms. The molecule has 7 N–H and O–H groups in total. The maximum absolute atomic E-state index is 11.2. The van der Waals surface area contributed by atoms with Gasteiger partial charge < -0.3 is 29.4 Å². The van der Waals surface area contributed by atoms with Gasteiger partial charge in [0.2, 0.25) is 6.19 Å². The van der Waals surface area contributed by atoms with Crippen LogP contribution in [0.4, 0.5) is 0 Å². The normalized spacial score (nSPS) is 22.2. The van der Waals surface area contributed by atoms with Crippen molar-refractivity contribution in [2.75, 3.05) is 0 Å². The van der Waals surface area contributed by atoms with E-state index < -0.39 is 39.1 Å². The third kappa shape index (κ3) is 11.5. The SMILES string of the molecule is N#CNOP(=O)(O)OP(=O)(O)OP(=O)(O)OP(=O)(O)OP(=O)(O)O. The Kier molecular flexibility index (Phi) is 8.13. The Hall–Kier alpha value is -0.0000000000000000971. The van der Waals surface area contributed by atoms with E-state index in [-0.39, 0.29) is 0 Å². The van der Waals surface area contributed by atoms with E-state index in [1.165, 1.54) is 0 Å². The van der Waals surface area contributed by atoms with E-state index in [1.807, 2.05) is 0 Å². The van der Waals surface area contributed by atoms with Gasteiger partial charge in [-0.25, -0.2) is 22.8 Å². The second-order valence-electron chi connectivity index (χ2n) is 3.00. The summed E-state index contributed by atoms with van der Waals surface area (Å²) < 4.78 is 71.1. The van der Waals surface area contributed by atoms with Gasteiger partial charge in [0.05, 0.1) is 0 Å². The smallest absolute Gasteiger partial charge is 0.302 e. The van der Waals surface area contributed by atoms with Crippen molar-refractivity contribution in [1.82, 2.24) is 5.48 Å². The number of hydrogen-bond donors (Lipinski definition) is 7. The molecular formula is CH7N2O16P5. The molecule has 23 heteroatoms. The zero-order chi connectivity index (χ0) is 19.4. The fraction of sp³-hybridized carbons (Fsp3) is 0. The summed E-state index contributed by atoms with van der Waals surface area (Å²) in [7, 11) is -29.4. The third-order valence-electron chi connectivity index (χ3n) is 1.04. The Balaban J connectivity index is 5.09. The largest absolute Gasteiger partial charge is 0.503 e. The molecule has 0 saturated carbocycles. The monoisotopic (exact) mass is 458 g/mol. The maximum atomic E-state index is 11.2. The second-order valence-corrected chi connectivity index (χ2v) is 10.5. The molecule has 0 aliphatic carbocycles. The summed E-state index contributed by atoms with van der Waals surface area (Å²) in [5.41, 5.74) is 1.06. The average molecular weight is 458 g/mol. The van der Waals surface area contributed by atoms with Gasteiger partial charge in [0, 0.05) is 0 Å². The minimum atomic E-state index is -6.13. The summed E-state index contributed by atoms with van der Waals surface area (Å²) in [6.07, 6.45) is 0.925. The molecule has 0 fully saturated rings. The highest BCUT2D eigenvalue weighted by molar-refractivity contribution is 7.71. The van der Waals surface area contributed by atoms with E-state index in [9.17, 15) is 22.8 Å². The molecule has 18 nitrogen and oxygen atoms in total. The molecule has 0 aromatic carbocycles. The molecule has 0 amide bonds. The molecule has 0 spiro atoms. The van der Waals surface area contributed by atoms with Crippen molar-refractivity contribution in [3.05, 3.63) is 0 Å². The van der Waals surface area contributed by atoms with Gasteiger partial charge in [0.25, 0.3) is 0 Å². The zero-order valence-electron chi connectivity index (χ0n) is 10.4. The highest BCUT2D eigenvalue weighted by atomic mass is 31.3. The van der Waals surface area contributed by atoms with E-state index in [1.54, 1.807) is 0 Å². The quantitative estimate of drug-likeness (QED) is 0.0943. The summed E-state index contributed by atoms with van der Waals surface area (Å²) >= 11 is 0. The van der Waals surface area contributed by atoms with E-state index in [0.29, 0.717) is 0 Å². The molecule has 0 aliphatic heterocycles. The number of nitrogens with zero attached hydrogens (tertiary/aromatic N) is 1. The predicted octanol–water partition coefficient (Wildman–Crippen LogP) is -0.451. The molecule has 0 saturated heterocycles. The second kappa shape index (κ2) is 8.13. The Morgan fingerprint density at radius 1 is 0.667 bits per heavy atom. The summed E-state index contributed by atoms with van der Waals surface area (Å²) in [6, 6.07) is 0. The first-order chi connectivity index (χ1) is 10.4. The van der Waals surface area contributed by atoms with E-state index in [0.717, 1.165) is 11.7 Å². The lowest BCUT2D eigenvalue weighted by Crippen LogP contribution is -2.06. The fourth-order valence-electron chi connectivity index (χ4n) is 0.665. The molecule has 0 radical (unpaired) electrons. The van der Waals surface area contributed by atoms with Crippen molar-refractivity contribution in [2.45, 2.75) is 0 Å². The van der Waals surface area contributed by atoms with Gasteiger partial charge in [-0.05, 0) is 0 Å². The van der Waals surface area contributed by atoms with Crippen LogP contribution in [-0.4, -0.2) is 29.4 Å².